The molecule has 0 bridgehead atoms. The van der Waals surface area contributed by atoms with E-state index < -0.39 is 0 Å². The van der Waals surface area contributed by atoms with E-state index in [1.807, 2.05) is 12.1 Å². The van der Waals surface area contributed by atoms with Gasteiger partial charge in [0.1, 0.15) is 0 Å². The molecule has 2 rings (SSSR count). The minimum Gasteiger partial charge on any atom is -0.354 e. The fourth-order valence-electron chi connectivity index (χ4n) is 1.11. The number of fused-ring (bicyclic) bond motifs is 1. The van der Waals surface area contributed by atoms with Gasteiger partial charge in [-0.05, 0) is 18.1 Å². The minimum atomic E-state index is 1.00. The Kier molecular flexibility index (Phi) is 1.21. The number of benzene rings is 1. The third kappa shape index (κ3) is 0.798. The van der Waals surface area contributed by atoms with Crippen molar-refractivity contribution in [1.29, 1.82) is 0 Å². The lowest BCUT2D eigenvalue weighted by atomic mass is 10.1. The van der Waals surface area contributed by atoms with Crippen LogP contribution >= 0.6 is 0 Å². The third-order valence-electron chi connectivity index (χ3n) is 1.65. The van der Waals surface area contributed by atoms with Gasteiger partial charge in [-0.15, -0.1) is 0 Å². The highest BCUT2D eigenvalue weighted by Crippen LogP contribution is 2.18. The van der Waals surface area contributed by atoms with E-state index in [-0.39, 0.29) is 0 Å². The zero-order valence-electron chi connectivity index (χ0n) is 5.59. The first-order chi connectivity index (χ1) is 4.97. The number of hydrogen-bond donors (Lipinski definition) is 1. The van der Waals surface area contributed by atoms with Crippen molar-refractivity contribution in [3.63, 3.8) is 0 Å². The lowest BCUT2D eigenvalue weighted by Gasteiger charge is -2.10. The molecule has 1 aliphatic rings. The van der Waals surface area contributed by atoms with E-state index >= 15 is 0 Å². The van der Waals surface area contributed by atoms with Crippen LogP contribution in [0.4, 0.5) is 5.69 Å². The van der Waals surface area contributed by atoms with Crippen molar-refractivity contribution in [3.8, 4) is 0 Å². The number of hydrogen-bond acceptors (Lipinski definition) is 1. The smallest absolute Gasteiger partial charge is 0.0583 e. The van der Waals surface area contributed by atoms with Gasteiger partial charge in [-0.25, -0.2) is 0 Å². The number of para-hydroxylation sites is 1. The van der Waals surface area contributed by atoms with Crippen LogP contribution in [0.25, 0.3) is 0 Å². The molecule has 1 N–H and O–H groups in total. The molecule has 0 amide bonds. The maximum absolute atomic E-state index is 3.06. The summed E-state index contributed by atoms with van der Waals surface area (Å²) in [5, 5.41) is 3.06. The summed E-state index contributed by atoms with van der Waals surface area (Å²) in [6, 6.07) is 8.27. The molecule has 0 saturated carbocycles. The lowest BCUT2D eigenvalue weighted by Crippen LogP contribution is -1.99. The Morgan fingerprint density at radius 3 is 3.10 bits per heavy atom. The van der Waals surface area contributed by atoms with Crippen molar-refractivity contribution in [2.24, 2.45) is 0 Å². The Morgan fingerprint density at radius 1 is 1.30 bits per heavy atom. The molecular formula is C9H8N. The normalized spacial score (nSPS) is 14.0. The minimum absolute atomic E-state index is 1.00. The summed E-state index contributed by atoms with van der Waals surface area (Å²) in [6.07, 6.45) is 5.97. The topological polar surface area (TPSA) is 12.0 Å². The highest BCUT2D eigenvalue weighted by molar-refractivity contribution is 5.54. The van der Waals surface area contributed by atoms with Gasteiger partial charge in [0.2, 0.25) is 0 Å². The third-order valence-corrected chi connectivity index (χ3v) is 1.65. The zero-order valence-corrected chi connectivity index (χ0v) is 5.59. The average Bonchev–Trinajstić information content (AvgIpc) is 2.05. The standard InChI is InChI=1S/C9H8N/c1-2-6-9-8(4-1)5-3-7-10-9/h1-4,6,10H,5H2. The molecule has 1 aromatic carbocycles. The Bertz CT molecular complexity index is 236. The zero-order chi connectivity index (χ0) is 6.81. The monoisotopic (exact) mass is 130 g/mol. The lowest BCUT2D eigenvalue weighted by molar-refractivity contribution is 1.21. The van der Waals surface area contributed by atoms with Gasteiger partial charge < -0.3 is 5.32 Å². The second kappa shape index (κ2) is 2.18. The van der Waals surface area contributed by atoms with E-state index in [4.69, 9.17) is 0 Å². The van der Waals surface area contributed by atoms with Crippen LogP contribution in [0.2, 0.25) is 0 Å². The summed E-state index contributed by atoms with van der Waals surface area (Å²) in [5.74, 6) is 0. The first-order valence-corrected chi connectivity index (χ1v) is 3.38. The quantitative estimate of drug-likeness (QED) is 0.566. The molecular weight excluding hydrogens is 122 g/mol. The maximum Gasteiger partial charge on any atom is 0.0583 e. The molecule has 1 heteroatoms. The van der Waals surface area contributed by atoms with E-state index in [9.17, 15) is 0 Å². The number of nitrogens with one attached hydrogen (secondary N) is 1. The van der Waals surface area contributed by atoms with Crippen LogP contribution in [0, 0.1) is 6.20 Å². The van der Waals surface area contributed by atoms with Crippen LogP contribution in [0.1, 0.15) is 5.56 Å². The Morgan fingerprint density at radius 2 is 2.20 bits per heavy atom. The van der Waals surface area contributed by atoms with Gasteiger partial charge >= 0.3 is 0 Å². The Hall–Kier alpha value is -1.24. The molecule has 1 radical (unpaired) electrons. The maximum atomic E-state index is 3.06. The first-order valence-electron chi connectivity index (χ1n) is 3.38. The van der Waals surface area contributed by atoms with Gasteiger partial charge in [0.05, 0.1) is 6.20 Å². The largest absolute Gasteiger partial charge is 0.354 e. The van der Waals surface area contributed by atoms with Gasteiger partial charge in [-0.2, -0.15) is 0 Å². The molecule has 1 aliphatic heterocycles. The summed E-state index contributed by atoms with van der Waals surface area (Å²) < 4.78 is 0. The summed E-state index contributed by atoms with van der Waals surface area (Å²) in [5.41, 5.74) is 2.53. The fourth-order valence-corrected chi connectivity index (χ4v) is 1.11. The molecule has 1 heterocycles. The van der Waals surface area contributed by atoms with Crippen LogP contribution < -0.4 is 5.32 Å². The van der Waals surface area contributed by atoms with Crippen LogP contribution in [0.5, 0.6) is 0 Å². The molecule has 1 aromatic rings. The Balaban J connectivity index is 2.47. The Labute approximate surface area is 60.4 Å². The summed E-state index contributed by atoms with van der Waals surface area (Å²) >= 11 is 0. The molecule has 0 aliphatic carbocycles. The van der Waals surface area contributed by atoms with Crippen molar-refractivity contribution in [2.45, 2.75) is 6.42 Å². The van der Waals surface area contributed by atoms with Crippen molar-refractivity contribution in [2.75, 3.05) is 5.32 Å². The van der Waals surface area contributed by atoms with Crippen molar-refractivity contribution in [3.05, 3.63) is 42.1 Å². The fraction of sp³-hybridized carbons (Fsp3) is 0.111. The molecule has 49 valence electrons. The van der Waals surface area contributed by atoms with E-state index in [1.165, 1.54) is 11.3 Å². The molecule has 1 nitrogen and oxygen atoms in total. The number of rotatable bonds is 0. The molecule has 10 heavy (non-hydrogen) atoms. The van der Waals surface area contributed by atoms with E-state index in [0.29, 0.717) is 0 Å². The average molecular weight is 130 g/mol. The van der Waals surface area contributed by atoms with Gasteiger partial charge in [0, 0.05) is 5.69 Å². The van der Waals surface area contributed by atoms with Gasteiger partial charge in [0.25, 0.3) is 0 Å². The van der Waals surface area contributed by atoms with Gasteiger partial charge in [-0.3, -0.25) is 0 Å². The van der Waals surface area contributed by atoms with Gasteiger partial charge in [-0.1, -0.05) is 24.3 Å². The SMILES string of the molecule is [C]1=CCc2ccccc2N1. The van der Waals surface area contributed by atoms with Gasteiger partial charge in [0.15, 0.2) is 0 Å². The van der Waals surface area contributed by atoms with Crippen molar-refractivity contribution in [1.82, 2.24) is 0 Å². The first kappa shape index (κ1) is 5.54. The summed E-state index contributed by atoms with van der Waals surface area (Å²) in [4.78, 5) is 0. The van der Waals surface area contributed by atoms with Crippen LogP contribution in [-0.4, -0.2) is 0 Å². The van der Waals surface area contributed by atoms with E-state index in [1.54, 1.807) is 0 Å². The number of allylic oxidation sites excluding steroid dienone is 1. The highest BCUT2D eigenvalue weighted by atomic mass is 14.8. The van der Waals surface area contributed by atoms with Crippen LogP contribution in [0.15, 0.2) is 30.3 Å². The highest BCUT2D eigenvalue weighted by Gasteiger charge is 2.00. The second-order valence-electron chi connectivity index (χ2n) is 2.33. The van der Waals surface area contributed by atoms with E-state index in [2.05, 4.69) is 29.7 Å². The molecule has 0 fully saturated rings. The molecule has 0 saturated heterocycles. The predicted octanol–water partition coefficient (Wildman–Crippen LogP) is 1.97. The van der Waals surface area contributed by atoms with Crippen molar-refractivity contribution >= 4 is 5.69 Å². The molecule has 0 unspecified atom stereocenters. The summed E-state index contributed by atoms with van der Waals surface area (Å²) in [7, 11) is 0. The predicted molar refractivity (Wildman–Crippen MR) is 41.6 cm³/mol. The van der Waals surface area contributed by atoms with Crippen LogP contribution in [-0.2, 0) is 6.42 Å². The van der Waals surface area contributed by atoms with E-state index in [0.717, 1.165) is 6.42 Å². The molecule has 0 aromatic heterocycles. The summed E-state index contributed by atoms with van der Waals surface area (Å²) in [6.45, 7) is 0. The second-order valence-corrected chi connectivity index (χ2v) is 2.33. The van der Waals surface area contributed by atoms with Crippen LogP contribution in [0.3, 0.4) is 0 Å². The number of anilines is 1. The molecule has 0 atom stereocenters. The molecule has 0 spiro atoms. The van der Waals surface area contributed by atoms with Crippen molar-refractivity contribution < 1.29 is 0 Å².